The number of fused-ring (bicyclic) bond motifs is 1. The molecule has 1 unspecified atom stereocenters. The molecule has 1 fully saturated rings. The minimum Gasteiger partial charge on any atom is -0.384 e. The maximum absolute atomic E-state index is 5.55. The third-order valence-electron chi connectivity index (χ3n) is 2.13. The molecule has 2 heteroatoms. The van der Waals surface area contributed by atoms with Crippen LogP contribution in [0.5, 0.6) is 0 Å². The number of nitrogens with one attached hydrogen (secondary N) is 1. The summed E-state index contributed by atoms with van der Waals surface area (Å²) in [5.74, 6) is 0. The van der Waals surface area contributed by atoms with Crippen molar-refractivity contribution >= 4 is 0 Å². The van der Waals surface area contributed by atoms with Gasteiger partial charge in [-0.05, 0) is 19.3 Å². The van der Waals surface area contributed by atoms with Crippen LogP contribution in [0.3, 0.4) is 0 Å². The van der Waals surface area contributed by atoms with Gasteiger partial charge in [-0.25, -0.2) is 0 Å². The van der Waals surface area contributed by atoms with Crippen molar-refractivity contribution in [3.05, 3.63) is 11.8 Å². The van der Waals surface area contributed by atoms with Gasteiger partial charge in [-0.3, -0.25) is 0 Å². The van der Waals surface area contributed by atoms with Crippen LogP contribution < -0.4 is 5.32 Å². The van der Waals surface area contributed by atoms with E-state index in [2.05, 4.69) is 11.4 Å². The first-order valence-corrected chi connectivity index (χ1v) is 4.02. The summed E-state index contributed by atoms with van der Waals surface area (Å²) in [5, 5.41) is 3.36. The molecule has 0 aromatic rings. The molecule has 1 atom stereocenters. The van der Waals surface area contributed by atoms with Gasteiger partial charge in [0.25, 0.3) is 0 Å². The highest BCUT2D eigenvalue weighted by molar-refractivity contribution is 5.10. The Balaban J connectivity index is 2.08. The van der Waals surface area contributed by atoms with E-state index < -0.39 is 0 Å². The number of morpholine rings is 1. The zero-order valence-electron chi connectivity index (χ0n) is 6.10. The summed E-state index contributed by atoms with van der Waals surface area (Å²) in [7, 11) is 0. The van der Waals surface area contributed by atoms with Crippen LogP contribution in [-0.4, -0.2) is 19.3 Å². The third-order valence-corrected chi connectivity index (χ3v) is 2.13. The molecule has 2 nitrogen and oxygen atoms in total. The molecular formula is C8H13NO. The number of allylic oxidation sites excluding steroid dienone is 1. The van der Waals surface area contributed by atoms with Crippen molar-refractivity contribution in [3.8, 4) is 0 Å². The molecule has 0 aromatic heterocycles. The van der Waals surface area contributed by atoms with Crippen molar-refractivity contribution in [1.29, 1.82) is 0 Å². The lowest BCUT2D eigenvalue weighted by atomic mass is 10.0. The Morgan fingerprint density at radius 2 is 2.60 bits per heavy atom. The lowest BCUT2D eigenvalue weighted by molar-refractivity contribution is 0.0435. The second kappa shape index (κ2) is 2.62. The first-order chi connectivity index (χ1) is 4.97. The Kier molecular flexibility index (Phi) is 1.63. The maximum atomic E-state index is 5.55. The van der Waals surface area contributed by atoms with Crippen molar-refractivity contribution in [1.82, 2.24) is 5.32 Å². The average molecular weight is 139 g/mol. The fourth-order valence-electron chi connectivity index (χ4n) is 1.60. The van der Waals surface area contributed by atoms with E-state index in [-0.39, 0.29) is 0 Å². The SMILES string of the molecule is C1=C2NCCOC2CCC1. The van der Waals surface area contributed by atoms with E-state index >= 15 is 0 Å². The molecule has 1 aliphatic carbocycles. The van der Waals surface area contributed by atoms with Crippen LogP contribution in [0.1, 0.15) is 19.3 Å². The van der Waals surface area contributed by atoms with Gasteiger partial charge in [-0.15, -0.1) is 0 Å². The highest BCUT2D eigenvalue weighted by atomic mass is 16.5. The van der Waals surface area contributed by atoms with Gasteiger partial charge in [0.05, 0.1) is 12.7 Å². The Morgan fingerprint density at radius 1 is 1.60 bits per heavy atom. The number of hydrogen-bond donors (Lipinski definition) is 1. The zero-order valence-corrected chi connectivity index (χ0v) is 6.10. The summed E-state index contributed by atoms with van der Waals surface area (Å²) < 4.78 is 5.55. The van der Waals surface area contributed by atoms with Crippen molar-refractivity contribution in [2.45, 2.75) is 25.4 Å². The number of rotatable bonds is 0. The minimum atomic E-state index is 0.405. The van der Waals surface area contributed by atoms with Crippen LogP contribution in [0.15, 0.2) is 11.8 Å². The quantitative estimate of drug-likeness (QED) is 0.541. The fraction of sp³-hybridized carbons (Fsp3) is 0.750. The molecule has 1 saturated heterocycles. The van der Waals surface area contributed by atoms with Crippen molar-refractivity contribution in [2.24, 2.45) is 0 Å². The Bertz CT molecular complexity index is 153. The van der Waals surface area contributed by atoms with Gasteiger partial charge in [-0.2, -0.15) is 0 Å². The molecule has 2 aliphatic rings. The Hall–Kier alpha value is -0.500. The standard InChI is InChI=1S/C8H13NO/c1-2-4-8-7(3-1)9-5-6-10-8/h3,8-9H,1-2,4-6H2. The number of hydrogen-bond acceptors (Lipinski definition) is 2. The maximum Gasteiger partial charge on any atom is 0.0966 e. The van der Waals surface area contributed by atoms with Gasteiger partial charge in [0.2, 0.25) is 0 Å². The normalized spacial score (nSPS) is 32.0. The summed E-state index contributed by atoms with van der Waals surface area (Å²) in [6.07, 6.45) is 6.40. The second-order valence-corrected chi connectivity index (χ2v) is 2.88. The van der Waals surface area contributed by atoms with Crippen LogP contribution >= 0.6 is 0 Å². The second-order valence-electron chi connectivity index (χ2n) is 2.88. The van der Waals surface area contributed by atoms with E-state index in [9.17, 15) is 0 Å². The van der Waals surface area contributed by atoms with Gasteiger partial charge in [0.15, 0.2) is 0 Å². The van der Waals surface area contributed by atoms with Gasteiger partial charge >= 0.3 is 0 Å². The van der Waals surface area contributed by atoms with Crippen molar-refractivity contribution in [3.63, 3.8) is 0 Å². The molecule has 0 radical (unpaired) electrons. The summed E-state index contributed by atoms with van der Waals surface area (Å²) in [6, 6.07) is 0. The number of ether oxygens (including phenoxy) is 1. The van der Waals surface area contributed by atoms with Gasteiger partial charge in [-0.1, -0.05) is 6.08 Å². The predicted octanol–water partition coefficient (Wildman–Crippen LogP) is 1.04. The van der Waals surface area contributed by atoms with Crippen LogP contribution in [0.25, 0.3) is 0 Å². The average Bonchev–Trinajstić information content (AvgIpc) is 2.05. The van der Waals surface area contributed by atoms with E-state index in [1.54, 1.807) is 0 Å². The van der Waals surface area contributed by atoms with Crippen molar-refractivity contribution < 1.29 is 4.74 Å². The molecule has 56 valence electrons. The molecule has 0 aromatic carbocycles. The summed E-state index contributed by atoms with van der Waals surface area (Å²) >= 11 is 0. The molecule has 2 rings (SSSR count). The van der Waals surface area contributed by atoms with Gasteiger partial charge < -0.3 is 10.1 Å². The molecule has 0 spiro atoms. The van der Waals surface area contributed by atoms with E-state index in [0.717, 1.165) is 13.2 Å². The van der Waals surface area contributed by atoms with Crippen LogP contribution in [0.4, 0.5) is 0 Å². The molecule has 1 aliphatic heterocycles. The topological polar surface area (TPSA) is 21.3 Å². The zero-order chi connectivity index (χ0) is 6.81. The smallest absolute Gasteiger partial charge is 0.0966 e. The van der Waals surface area contributed by atoms with Crippen molar-refractivity contribution in [2.75, 3.05) is 13.2 Å². The Labute approximate surface area is 61.3 Å². The highest BCUT2D eigenvalue weighted by Crippen LogP contribution is 2.20. The molecule has 1 N–H and O–H groups in total. The monoisotopic (exact) mass is 139 g/mol. The summed E-state index contributed by atoms with van der Waals surface area (Å²) in [5.41, 5.74) is 1.33. The molecule has 10 heavy (non-hydrogen) atoms. The molecule has 0 bridgehead atoms. The van der Waals surface area contributed by atoms with Crippen LogP contribution in [0.2, 0.25) is 0 Å². The molecular weight excluding hydrogens is 126 g/mol. The summed E-state index contributed by atoms with van der Waals surface area (Å²) in [6.45, 7) is 1.87. The molecule has 0 saturated carbocycles. The molecule has 1 heterocycles. The minimum absolute atomic E-state index is 0.405. The lowest BCUT2D eigenvalue weighted by Crippen LogP contribution is -2.37. The van der Waals surface area contributed by atoms with E-state index in [1.165, 1.54) is 25.0 Å². The van der Waals surface area contributed by atoms with E-state index in [1.807, 2.05) is 0 Å². The third kappa shape index (κ3) is 1.03. The largest absolute Gasteiger partial charge is 0.384 e. The van der Waals surface area contributed by atoms with Gasteiger partial charge in [0, 0.05) is 12.2 Å². The van der Waals surface area contributed by atoms with Crippen LogP contribution in [0, 0.1) is 0 Å². The van der Waals surface area contributed by atoms with Gasteiger partial charge in [0.1, 0.15) is 0 Å². The first kappa shape index (κ1) is 6.23. The van der Waals surface area contributed by atoms with Crippen LogP contribution in [-0.2, 0) is 4.74 Å². The van der Waals surface area contributed by atoms with E-state index in [0.29, 0.717) is 6.10 Å². The Morgan fingerprint density at radius 3 is 3.50 bits per heavy atom. The van der Waals surface area contributed by atoms with E-state index in [4.69, 9.17) is 4.74 Å². The highest BCUT2D eigenvalue weighted by Gasteiger charge is 2.20. The predicted molar refractivity (Wildman–Crippen MR) is 39.7 cm³/mol. The summed E-state index contributed by atoms with van der Waals surface area (Å²) in [4.78, 5) is 0. The first-order valence-electron chi connectivity index (χ1n) is 4.02. The molecule has 0 amide bonds. The fourth-order valence-corrected chi connectivity index (χ4v) is 1.60. The lowest BCUT2D eigenvalue weighted by Gasteiger charge is -2.30.